The zero-order valence-electron chi connectivity index (χ0n) is 13.7. The second-order valence-electron chi connectivity index (χ2n) is 6.13. The summed E-state index contributed by atoms with van der Waals surface area (Å²) in [4.78, 5) is 4.28. The highest BCUT2D eigenvalue weighted by Crippen LogP contribution is 2.22. The SMILES string of the molecule is CCC(C)NC(=NC)NCC(C)(C)c1cccc(C)c1. The summed E-state index contributed by atoms with van der Waals surface area (Å²) in [6.07, 6.45) is 1.09. The van der Waals surface area contributed by atoms with Gasteiger partial charge in [-0.25, -0.2) is 0 Å². The highest BCUT2D eigenvalue weighted by molar-refractivity contribution is 5.80. The summed E-state index contributed by atoms with van der Waals surface area (Å²) in [5, 5.41) is 6.82. The van der Waals surface area contributed by atoms with Crippen molar-refractivity contribution in [1.82, 2.24) is 10.6 Å². The van der Waals surface area contributed by atoms with Crippen molar-refractivity contribution in [2.24, 2.45) is 4.99 Å². The van der Waals surface area contributed by atoms with Crippen LogP contribution in [0.3, 0.4) is 0 Å². The van der Waals surface area contributed by atoms with Crippen molar-refractivity contribution in [3.63, 3.8) is 0 Å². The lowest BCUT2D eigenvalue weighted by Crippen LogP contribution is -2.46. The van der Waals surface area contributed by atoms with Gasteiger partial charge < -0.3 is 10.6 Å². The van der Waals surface area contributed by atoms with Gasteiger partial charge in [0.15, 0.2) is 5.96 Å². The molecule has 0 spiro atoms. The van der Waals surface area contributed by atoms with Crippen LogP contribution >= 0.6 is 0 Å². The highest BCUT2D eigenvalue weighted by atomic mass is 15.2. The molecule has 1 unspecified atom stereocenters. The van der Waals surface area contributed by atoms with E-state index in [1.165, 1.54) is 11.1 Å². The number of aryl methyl sites for hydroxylation is 1. The first-order chi connectivity index (χ1) is 9.39. The summed E-state index contributed by atoms with van der Waals surface area (Å²) in [6, 6.07) is 9.14. The molecular weight excluding hydrogens is 246 g/mol. The molecule has 0 heterocycles. The maximum Gasteiger partial charge on any atom is 0.191 e. The van der Waals surface area contributed by atoms with Gasteiger partial charge in [-0.05, 0) is 25.8 Å². The van der Waals surface area contributed by atoms with Crippen molar-refractivity contribution >= 4 is 5.96 Å². The third-order valence-corrected chi connectivity index (χ3v) is 3.72. The van der Waals surface area contributed by atoms with Gasteiger partial charge in [0.1, 0.15) is 0 Å². The van der Waals surface area contributed by atoms with Crippen LogP contribution in [0.2, 0.25) is 0 Å². The van der Waals surface area contributed by atoms with Gasteiger partial charge in [0.05, 0.1) is 0 Å². The van der Waals surface area contributed by atoms with Gasteiger partial charge in [-0.3, -0.25) is 4.99 Å². The first-order valence-electron chi connectivity index (χ1n) is 7.43. The number of hydrogen-bond acceptors (Lipinski definition) is 1. The van der Waals surface area contributed by atoms with E-state index in [-0.39, 0.29) is 5.41 Å². The van der Waals surface area contributed by atoms with E-state index < -0.39 is 0 Å². The Hall–Kier alpha value is -1.51. The molecule has 0 bridgehead atoms. The maximum atomic E-state index is 4.28. The van der Waals surface area contributed by atoms with Crippen LogP contribution in [-0.2, 0) is 5.41 Å². The molecule has 0 aliphatic rings. The van der Waals surface area contributed by atoms with Gasteiger partial charge in [-0.15, -0.1) is 0 Å². The van der Waals surface area contributed by atoms with Crippen molar-refractivity contribution in [3.8, 4) is 0 Å². The summed E-state index contributed by atoms with van der Waals surface area (Å²) >= 11 is 0. The van der Waals surface area contributed by atoms with Gasteiger partial charge in [-0.1, -0.05) is 50.6 Å². The second kappa shape index (κ2) is 7.32. The van der Waals surface area contributed by atoms with Crippen molar-refractivity contribution in [2.45, 2.75) is 52.5 Å². The zero-order valence-corrected chi connectivity index (χ0v) is 13.7. The molecule has 0 saturated heterocycles. The summed E-state index contributed by atoms with van der Waals surface area (Å²) in [5.74, 6) is 0.875. The maximum absolute atomic E-state index is 4.28. The summed E-state index contributed by atoms with van der Waals surface area (Å²) in [7, 11) is 1.82. The predicted octanol–water partition coefficient (Wildman–Crippen LogP) is 3.24. The summed E-state index contributed by atoms with van der Waals surface area (Å²) in [5.41, 5.74) is 2.72. The van der Waals surface area contributed by atoms with Crippen LogP contribution in [0.15, 0.2) is 29.3 Å². The third kappa shape index (κ3) is 4.87. The van der Waals surface area contributed by atoms with E-state index in [1.54, 1.807) is 0 Å². The smallest absolute Gasteiger partial charge is 0.191 e. The lowest BCUT2D eigenvalue weighted by Gasteiger charge is -2.27. The molecule has 0 aliphatic carbocycles. The largest absolute Gasteiger partial charge is 0.356 e. The fraction of sp³-hybridized carbons (Fsp3) is 0.588. The minimum Gasteiger partial charge on any atom is -0.356 e. The fourth-order valence-electron chi connectivity index (χ4n) is 2.00. The van der Waals surface area contributed by atoms with Crippen molar-refractivity contribution in [1.29, 1.82) is 0 Å². The van der Waals surface area contributed by atoms with E-state index in [4.69, 9.17) is 0 Å². The molecular formula is C17H29N3. The molecule has 1 aromatic carbocycles. The number of aliphatic imine (C=N–C) groups is 1. The lowest BCUT2D eigenvalue weighted by atomic mass is 9.84. The Balaban J connectivity index is 2.67. The van der Waals surface area contributed by atoms with Crippen molar-refractivity contribution in [3.05, 3.63) is 35.4 Å². The molecule has 1 rings (SSSR count). The van der Waals surface area contributed by atoms with Crippen LogP contribution in [0.4, 0.5) is 0 Å². The van der Waals surface area contributed by atoms with E-state index in [1.807, 2.05) is 7.05 Å². The fourth-order valence-corrected chi connectivity index (χ4v) is 2.00. The van der Waals surface area contributed by atoms with Crippen LogP contribution < -0.4 is 10.6 Å². The molecule has 3 nitrogen and oxygen atoms in total. The van der Waals surface area contributed by atoms with Gasteiger partial charge in [0, 0.05) is 25.0 Å². The predicted molar refractivity (Wildman–Crippen MR) is 88.5 cm³/mol. The second-order valence-corrected chi connectivity index (χ2v) is 6.13. The van der Waals surface area contributed by atoms with Crippen LogP contribution in [0, 0.1) is 6.92 Å². The number of nitrogens with zero attached hydrogens (tertiary/aromatic N) is 1. The number of benzene rings is 1. The lowest BCUT2D eigenvalue weighted by molar-refractivity contribution is 0.503. The minimum absolute atomic E-state index is 0.0685. The Kier molecular flexibility index (Phi) is 6.05. The van der Waals surface area contributed by atoms with Gasteiger partial charge in [-0.2, -0.15) is 0 Å². The van der Waals surface area contributed by atoms with Crippen molar-refractivity contribution < 1.29 is 0 Å². The van der Waals surface area contributed by atoms with E-state index in [0.29, 0.717) is 6.04 Å². The molecule has 0 aromatic heterocycles. The average Bonchev–Trinajstić information content (AvgIpc) is 2.43. The van der Waals surface area contributed by atoms with Gasteiger partial charge in [0.2, 0.25) is 0 Å². The van der Waals surface area contributed by atoms with E-state index in [0.717, 1.165) is 18.9 Å². The first-order valence-corrected chi connectivity index (χ1v) is 7.43. The number of guanidine groups is 1. The molecule has 1 aromatic rings. The Morgan fingerprint density at radius 1 is 1.35 bits per heavy atom. The quantitative estimate of drug-likeness (QED) is 0.639. The molecule has 20 heavy (non-hydrogen) atoms. The van der Waals surface area contributed by atoms with Gasteiger partial charge in [0.25, 0.3) is 0 Å². The molecule has 0 saturated carbocycles. The van der Waals surface area contributed by atoms with E-state index in [9.17, 15) is 0 Å². The Morgan fingerprint density at radius 3 is 2.60 bits per heavy atom. The Labute approximate surface area is 123 Å². The third-order valence-electron chi connectivity index (χ3n) is 3.72. The normalized spacial score (nSPS) is 14.0. The summed E-state index contributed by atoms with van der Waals surface area (Å²) < 4.78 is 0. The van der Waals surface area contributed by atoms with Crippen LogP contribution in [-0.4, -0.2) is 25.6 Å². The molecule has 0 radical (unpaired) electrons. The minimum atomic E-state index is 0.0685. The van der Waals surface area contributed by atoms with E-state index in [2.05, 4.69) is 74.5 Å². The molecule has 3 heteroatoms. The molecule has 2 N–H and O–H groups in total. The molecule has 112 valence electrons. The topological polar surface area (TPSA) is 36.4 Å². The monoisotopic (exact) mass is 275 g/mol. The molecule has 0 fully saturated rings. The molecule has 0 amide bonds. The van der Waals surface area contributed by atoms with Crippen LogP contribution in [0.1, 0.15) is 45.2 Å². The Morgan fingerprint density at radius 2 is 2.05 bits per heavy atom. The van der Waals surface area contributed by atoms with Crippen molar-refractivity contribution in [2.75, 3.05) is 13.6 Å². The van der Waals surface area contributed by atoms with E-state index >= 15 is 0 Å². The first kappa shape index (κ1) is 16.5. The van der Waals surface area contributed by atoms with Crippen LogP contribution in [0.5, 0.6) is 0 Å². The molecule has 0 aliphatic heterocycles. The number of rotatable bonds is 5. The Bertz CT molecular complexity index is 449. The highest BCUT2D eigenvalue weighted by Gasteiger charge is 2.21. The summed E-state index contributed by atoms with van der Waals surface area (Å²) in [6.45, 7) is 11.8. The zero-order chi connectivity index (χ0) is 15.2. The molecule has 1 atom stereocenters. The number of nitrogens with one attached hydrogen (secondary N) is 2. The standard InChI is InChI=1S/C17H29N3/c1-7-14(3)20-16(18-6)19-12-17(4,5)15-10-8-9-13(2)11-15/h8-11,14H,7,12H2,1-6H3,(H2,18,19,20). The van der Waals surface area contributed by atoms with Gasteiger partial charge >= 0.3 is 0 Å². The van der Waals surface area contributed by atoms with Crippen LogP contribution in [0.25, 0.3) is 0 Å². The number of hydrogen-bond donors (Lipinski definition) is 2. The average molecular weight is 275 g/mol.